The van der Waals surface area contributed by atoms with Gasteiger partial charge in [-0.05, 0) is 60.8 Å². The summed E-state index contributed by atoms with van der Waals surface area (Å²) < 4.78 is 1.09. The molecular weight excluding hydrogens is 369 g/mol. The van der Waals surface area contributed by atoms with E-state index in [-0.39, 0.29) is 6.04 Å². The van der Waals surface area contributed by atoms with Crippen molar-refractivity contribution in [2.45, 2.75) is 25.8 Å². The van der Waals surface area contributed by atoms with E-state index in [1.807, 2.05) is 24.3 Å². The smallest absolute Gasteiger partial charge is 0.0454 e. The number of hydrogen-bond acceptors (Lipinski definition) is 1. The third-order valence-corrected chi connectivity index (χ3v) is 4.38. The summed E-state index contributed by atoms with van der Waals surface area (Å²) in [5.41, 5.74) is 2.31. The summed E-state index contributed by atoms with van der Waals surface area (Å²) in [7, 11) is 0. The van der Waals surface area contributed by atoms with Gasteiger partial charge in [-0.3, -0.25) is 0 Å². The highest BCUT2D eigenvalue weighted by atomic mass is 79.9. The van der Waals surface area contributed by atoms with Crippen molar-refractivity contribution < 1.29 is 0 Å². The molecule has 0 aliphatic carbocycles. The fourth-order valence-corrected chi connectivity index (χ4v) is 3.17. The van der Waals surface area contributed by atoms with Crippen LogP contribution in [0.15, 0.2) is 46.9 Å². The minimum absolute atomic E-state index is 0.158. The Hall–Kier alpha value is -0.540. The molecule has 0 heterocycles. The summed E-state index contributed by atoms with van der Waals surface area (Å²) in [5.74, 6) is 0. The first-order valence-corrected chi connectivity index (χ1v) is 8.58. The number of nitrogens with one attached hydrogen (secondary N) is 1. The molecule has 1 nitrogen and oxygen atoms in total. The van der Waals surface area contributed by atoms with Crippen LogP contribution in [0, 0.1) is 0 Å². The molecule has 0 aliphatic heterocycles. The van der Waals surface area contributed by atoms with Crippen LogP contribution >= 0.6 is 39.1 Å². The van der Waals surface area contributed by atoms with E-state index in [1.165, 1.54) is 5.56 Å². The van der Waals surface area contributed by atoms with Crippen LogP contribution in [-0.2, 0) is 6.42 Å². The molecule has 0 bridgehead atoms. The molecule has 1 unspecified atom stereocenters. The van der Waals surface area contributed by atoms with Gasteiger partial charge in [0.05, 0.1) is 0 Å². The molecule has 2 aromatic carbocycles. The van der Waals surface area contributed by atoms with Gasteiger partial charge in [0.25, 0.3) is 0 Å². The van der Waals surface area contributed by atoms with Gasteiger partial charge in [0.15, 0.2) is 0 Å². The van der Waals surface area contributed by atoms with Crippen LogP contribution < -0.4 is 5.32 Å². The van der Waals surface area contributed by atoms with Crippen molar-refractivity contribution >= 4 is 39.1 Å². The minimum atomic E-state index is 0.158. The Labute approximate surface area is 144 Å². The van der Waals surface area contributed by atoms with Crippen LogP contribution in [-0.4, -0.2) is 6.54 Å². The zero-order chi connectivity index (χ0) is 15.2. The standard InChI is InChI=1S/C17H18BrCl2N/c1-2-8-21-17(10-12-4-3-5-13(18)9-12)15-11-14(19)6-7-16(15)20/h3-7,9,11,17,21H,2,8,10H2,1H3. The molecule has 0 radical (unpaired) electrons. The van der Waals surface area contributed by atoms with Gasteiger partial charge in [-0.1, -0.05) is 58.2 Å². The van der Waals surface area contributed by atoms with Crippen LogP contribution in [0.3, 0.4) is 0 Å². The molecule has 0 saturated carbocycles. The SMILES string of the molecule is CCCNC(Cc1cccc(Br)c1)c1cc(Cl)ccc1Cl. The molecule has 0 amide bonds. The van der Waals surface area contributed by atoms with Gasteiger partial charge in [0.1, 0.15) is 0 Å². The Kier molecular flexibility index (Phi) is 6.56. The maximum absolute atomic E-state index is 6.36. The largest absolute Gasteiger partial charge is 0.310 e. The molecule has 1 N–H and O–H groups in total. The van der Waals surface area contributed by atoms with E-state index in [2.05, 4.69) is 46.4 Å². The van der Waals surface area contributed by atoms with Crippen LogP contribution in [0.1, 0.15) is 30.5 Å². The highest BCUT2D eigenvalue weighted by Crippen LogP contribution is 2.29. The number of rotatable bonds is 6. The average Bonchev–Trinajstić information content (AvgIpc) is 2.46. The predicted octanol–water partition coefficient (Wildman–Crippen LogP) is 6.04. The van der Waals surface area contributed by atoms with Gasteiger partial charge in [0.2, 0.25) is 0 Å². The normalized spacial score (nSPS) is 12.4. The van der Waals surface area contributed by atoms with Crippen molar-refractivity contribution in [2.75, 3.05) is 6.54 Å². The van der Waals surface area contributed by atoms with E-state index >= 15 is 0 Å². The fraction of sp³-hybridized carbons (Fsp3) is 0.294. The van der Waals surface area contributed by atoms with Gasteiger partial charge < -0.3 is 5.32 Å². The summed E-state index contributed by atoms with van der Waals surface area (Å²) in [4.78, 5) is 0. The van der Waals surface area contributed by atoms with Crippen LogP contribution in [0.4, 0.5) is 0 Å². The van der Waals surface area contributed by atoms with Crippen LogP contribution in [0.25, 0.3) is 0 Å². The molecule has 0 aliphatic rings. The highest BCUT2D eigenvalue weighted by Gasteiger charge is 2.15. The molecule has 0 saturated heterocycles. The maximum Gasteiger partial charge on any atom is 0.0454 e. The zero-order valence-corrected chi connectivity index (χ0v) is 15.0. The summed E-state index contributed by atoms with van der Waals surface area (Å²) in [5, 5.41) is 5.03. The fourth-order valence-electron chi connectivity index (χ4n) is 2.29. The Morgan fingerprint density at radius 3 is 2.67 bits per heavy atom. The lowest BCUT2D eigenvalue weighted by Gasteiger charge is -2.21. The monoisotopic (exact) mass is 385 g/mol. The van der Waals surface area contributed by atoms with Crippen molar-refractivity contribution in [3.8, 4) is 0 Å². The molecule has 0 fully saturated rings. The van der Waals surface area contributed by atoms with Crippen molar-refractivity contribution in [1.82, 2.24) is 5.32 Å². The van der Waals surface area contributed by atoms with Gasteiger partial charge in [-0.2, -0.15) is 0 Å². The molecule has 2 aromatic rings. The molecule has 1 atom stereocenters. The molecular formula is C17H18BrCl2N. The summed E-state index contributed by atoms with van der Waals surface area (Å²) in [6.45, 7) is 3.10. The Morgan fingerprint density at radius 2 is 1.95 bits per heavy atom. The number of halogens is 3. The summed E-state index contributed by atoms with van der Waals surface area (Å²) >= 11 is 16.0. The lowest BCUT2D eigenvalue weighted by Crippen LogP contribution is -2.24. The van der Waals surface area contributed by atoms with Crippen molar-refractivity contribution in [3.63, 3.8) is 0 Å². The first kappa shape index (κ1) is 16.8. The average molecular weight is 387 g/mol. The third kappa shape index (κ3) is 5.00. The maximum atomic E-state index is 6.36. The zero-order valence-electron chi connectivity index (χ0n) is 11.9. The van der Waals surface area contributed by atoms with E-state index in [1.54, 1.807) is 0 Å². The molecule has 2 rings (SSSR count). The second-order valence-corrected chi connectivity index (χ2v) is 6.77. The first-order chi connectivity index (χ1) is 10.1. The van der Waals surface area contributed by atoms with E-state index in [9.17, 15) is 0 Å². The van der Waals surface area contributed by atoms with Crippen LogP contribution in [0.2, 0.25) is 10.0 Å². The van der Waals surface area contributed by atoms with Crippen molar-refractivity contribution in [3.05, 3.63) is 68.1 Å². The molecule has 0 aromatic heterocycles. The van der Waals surface area contributed by atoms with Crippen LogP contribution in [0.5, 0.6) is 0 Å². The van der Waals surface area contributed by atoms with E-state index in [0.29, 0.717) is 5.02 Å². The Morgan fingerprint density at radius 1 is 1.14 bits per heavy atom. The van der Waals surface area contributed by atoms with E-state index < -0.39 is 0 Å². The third-order valence-electron chi connectivity index (χ3n) is 3.30. The first-order valence-electron chi connectivity index (χ1n) is 7.03. The molecule has 4 heteroatoms. The minimum Gasteiger partial charge on any atom is -0.310 e. The summed E-state index contributed by atoms with van der Waals surface area (Å²) in [6.07, 6.45) is 1.95. The number of hydrogen-bond donors (Lipinski definition) is 1. The second-order valence-electron chi connectivity index (χ2n) is 5.01. The molecule has 0 spiro atoms. The Balaban J connectivity index is 2.27. The van der Waals surface area contributed by atoms with E-state index in [0.717, 1.165) is 34.4 Å². The van der Waals surface area contributed by atoms with Gasteiger partial charge in [0, 0.05) is 20.6 Å². The number of benzene rings is 2. The molecule has 112 valence electrons. The topological polar surface area (TPSA) is 12.0 Å². The lowest BCUT2D eigenvalue weighted by molar-refractivity contribution is 0.529. The molecule has 21 heavy (non-hydrogen) atoms. The second kappa shape index (κ2) is 8.19. The highest BCUT2D eigenvalue weighted by molar-refractivity contribution is 9.10. The predicted molar refractivity (Wildman–Crippen MR) is 95.3 cm³/mol. The lowest BCUT2D eigenvalue weighted by atomic mass is 9.98. The van der Waals surface area contributed by atoms with E-state index in [4.69, 9.17) is 23.2 Å². The van der Waals surface area contributed by atoms with Gasteiger partial charge >= 0.3 is 0 Å². The summed E-state index contributed by atoms with van der Waals surface area (Å²) in [6, 6.07) is 14.1. The van der Waals surface area contributed by atoms with Gasteiger partial charge in [-0.25, -0.2) is 0 Å². The quantitative estimate of drug-likeness (QED) is 0.638. The van der Waals surface area contributed by atoms with Gasteiger partial charge in [-0.15, -0.1) is 0 Å². The Bertz CT molecular complexity index is 601. The van der Waals surface area contributed by atoms with Crippen molar-refractivity contribution in [2.24, 2.45) is 0 Å². The van der Waals surface area contributed by atoms with Crippen molar-refractivity contribution in [1.29, 1.82) is 0 Å².